The highest BCUT2D eigenvalue weighted by Gasteiger charge is 2.40. The Kier molecular flexibility index (Phi) is 5.77. The highest BCUT2D eigenvalue weighted by Crippen LogP contribution is 2.33. The normalized spacial score (nSPS) is 21.5. The van der Waals surface area contributed by atoms with E-state index in [1.165, 1.54) is 11.8 Å². The number of morpholine rings is 1. The van der Waals surface area contributed by atoms with Crippen LogP contribution in [0.2, 0.25) is 0 Å². The lowest BCUT2D eigenvalue weighted by Gasteiger charge is -2.37. The number of ether oxygens (including phenoxy) is 3. The van der Waals surface area contributed by atoms with Crippen LogP contribution in [0.15, 0.2) is 29.3 Å². The molecule has 3 fully saturated rings. The van der Waals surface area contributed by atoms with Crippen LogP contribution in [0.5, 0.6) is 0 Å². The monoisotopic (exact) mass is 430 g/mol. The summed E-state index contributed by atoms with van der Waals surface area (Å²) in [5.74, 6) is 0.854. The predicted molar refractivity (Wildman–Crippen MR) is 114 cm³/mol. The maximum atomic E-state index is 12.9. The lowest BCUT2D eigenvalue weighted by atomic mass is 10.0. The number of piperidine rings is 1. The molecule has 0 atom stereocenters. The van der Waals surface area contributed by atoms with E-state index in [9.17, 15) is 4.79 Å². The van der Waals surface area contributed by atoms with E-state index in [0.717, 1.165) is 47.8 Å². The molecule has 0 unspecified atom stereocenters. The number of para-hydroxylation sites is 2. The first-order valence-corrected chi connectivity index (χ1v) is 11.5. The zero-order valence-corrected chi connectivity index (χ0v) is 17.7. The molecule has 1 aromatic carbocycles. The molecule has 0 N–H and O–H groups in total. The second kappa shape index (κ2) is 8.66. The minimum absolute atomic E-state index is 0.121. The summed E-state index contributed by atoms with van der Waals surface area (Å²) >= 11 is 1.47. The Labute approximate surface area is 179 Å². The maximum absolute atomic E-state index is 12.9. The summed E-state index contributed by atoms with van der Waals surface area (Å²) in [4.78, 5) is 26.7. The second-order valence-corrected chi connectivity index (χ2v) is 8.68. The number of thioether (sulfide) groups is 1. The maximum Gasteiger partial charge on any atom is 0.232 e. The lowest BCUT2D eigenvalue weighted by molar-refractivity contribution is -0.186. The molecule has 160 valence electrons. The summed E-state index contributed by atoms with van der Waals surface area (Å²) < 4.78 is 17.0. The second-order valence-electron chi connectivity index (χ2n) is 7.72. The van der Waals surface area contributed by atoms with Crippen molar-refractivity contribution in [3.8, 4) is 0 Å². The number of fused-ring (bicyclic) bond motifs is 1. The van der Waals surface area contributed by atoms with E-state index in [4.69, 9.17) is 24.2 Å². The van der Waals surface area contributed by atoms with Crippen LogP contribution in [0.4, 0.5) is 5.82 Å². The third kappa shape index (κ3) is 4.12. The highest BCUT2D eigenvalue weighted by atomic mass is 32.2. The zero-order valence-electron chi connectivity index (χ0n) is 16.9. The highest BCUT2D eigenvalue weighted by molar-refractivity contribution is 8.00. The fourth-order valence-electron chi connectivity index (χ4n) is 4.16. The molecule has 0 saturated carbocycles. The molecule has 5 rings (SSSR count). The van der Waals surface area contributed by atoms with Crippen LogP contribution in [0, 0.1) is 0 Å². The Morgan fingerprint density at radius 2 is 1.63 bits per heavy atom. The molecule has 1 spiro atoms. The minimum atomic E-state index is -0.461. The number of amides is 1. The Morgan fingerprint density at radius 3 is 2.33 bits per heavy atom. The van der Waals surface area contributed by atoms with E-state index in [1.54, 1.807) is 0 Å². The SMILES string of the molecule is O=C(CSc1nc2ccccc2nc1N1CCOCC1)N1CCC2(CC1)OCCO2. The number of rotatable bonds is 4. The van der Waals surface area contributed by atoms with Crippen molar-refractivity contribution >= 4 is 34.5 Å². The van der Waals surface area contributed by atoms with E-state index in [2.05, 4.69) is 4.90 Å². The number of aromatic nitrogens is 2. The number of anilines is 1. The van der Waals surface area contributed by atoms with Crippen LogP contribution in [0.1, 0.15) is 12.8 Å². The summed E-state index contributed by atoms with van der Waals surface area (Å²) in [6, 6.07) is 7.87. The molecule has 2 aromatic rings. The van der Waals surface area contributed by atoms with Gasteiger partial charge >= 0.3 is 0 Å². The molecule has 3 aliphatic rings. The predicted octanol–water partition coefficient (Wildman–Crippen LogP) is 1.92. The van der Waals surface area contributed by atoms with Gasteiger partial charge in [-0.25, -0.2) is 9.97 Å². The van der Waals surface area contributed by atoms with E-state index in [-0.39, 0.29) is 5.91 Å². The number of hydrogen-bond donors (Lipinski definition) is 0. The van der Waals surface area contributed by atoms with Crippen molar-refractivity contribution in [2.45, 2.75) is 23.7 Å². The first-order valence-electron chi connectivity index (χ1n) is 10.5. The Hall–Kier alpha value is -1.94. The van der Waals surface area contributed by atoms with Crippen LogP contribution in [0.3, 0.4) is 0 Å². The molecular weight excluding hydrogens is 404 g/mol. The molecule has 8 nitrogen and oxygen atoms in total. The fourth-order valence-corrected chi connectivity index (χ4v) is 5.07. The Morgan fingerprint density at radius 1 is 0.967 bits per heavy atom. The van der Waals surface area contributed by atoms with Gasteiger partial charge in [0.25, 0.3) is 0 Å². The molecule has 1 aromatic heterocycles. The van der Waals surface area contributed by atoms with Crippen molar-refractivity contribution in [3.63, 3.8) is 0 Å². The molecule has 3 aliphatic heterocycles. The third-order valence-electron chi connectivity index (χ3n) is 5.86. The van der Waals surface area contributed by atoms with Gasteiger partial charge in [-0.05, 0) is 12.1 Å². The van der Waals surface area contributed by atoms with Gasteiger partial charge in [-0.15, -0.1) is 0 Å². The number of carbonyl (C=O) groups excluding carboxylic acids is 1. The van der Waals surface area contributed by atoms with E-state index < -0.39 is 5.79 Å². The standard InChI is InChI=1S/C21H26N4O4S/c26-18(24-7-5-21(6-8-24)28-13-14-29-21)15-30-20-19(25-9-11-27-12-10-25)22-16-3-1-2-4-17(16)23-20/h1-4H,5-15H2. The van der Waals surface area contributed by atoms with Gasteiger partial charge in [-0.3, -0.25) is 4.79 Å². The average molecular weight is 431 g/mol. The number of hydrogen-bond acceptors (Lipinski definition) is 8. The number of nitrogens with zero attached hydrogens (tertiary/aromatic N) is 4. The van der Waals surface area contributed by atoms with Gasteiger partial charge in [0.1, 0.15) is 5.03 Å². The van der Waals surface area contributed by atoms with Crippen molar-refractivity contribution in [1.82, 2.24) is 14.9 Å². The first kappa shape index (κ1) is 20.0. The minimum Gasteiger partial charge on any atom is -0.378 e. The largest absolute Gasteiger partial charge is 0.378 e. The van der Waals surface area contributed by atoms with Gasteiger partial charge in [-0.1, -0.05) is 23.9 Å². The topological polar surface area (TPSA) is 77.0 Å². The number of benzene rings is 1. The van der Waals surface area contributed by atoms with Gasteiger partial charge in [0.05, 0.1) is 43.2 Å². The van der Waals surface area contributed by atoms with Crippen molar-refractivity contribution < 1.29 is 19.0 Å². The van der Waals surface area contributed by atoms with Gasteiger partial charge in [-0.2, -0.15) is 0 Å². The third-order valence-corrected chi connectivity index (χ3v) is 6.79. The summed E-state index contributed by atoms with van der Waals surface area (Å²) in [7, 11) is 0. The van der Waals surface area contributed by atoms with Gasteiger partial charge in [0, 0.05) is 39.0 Å². The van der Waals surface area contributed by atoms with Crippen LogP contribution < -0.4 is 4.90 Å². The van der Waals surface area contributed by atoms with E-state index >= 15 is 0 Å². The number of carbonyl (C=O) groups is 1. The van der Waals surface area contributed by atoms with Gasteiger partial charge in [0.15, 0.2) is 11.6 Å². The fraction of sp³-hybridized carbons (Fsp3) is 0.571. The quantitative estimate of drug-likeness (QED) is 0.681. The molecule has 0 radical (unpaired) electrons. The first-order chi connectivity index (χ1) is 14.7. The molecule has 1 amide bonds. The molecular formula is C21H26N4O4S. The lowest BCUT2D eigenvalue weighted by Crippen LogP contribution is -2.47. The van der Waals surface area contributed by atoms with Crippen molar-refractivity contribution in [2.75, 3.05) is 63.3 Å². The smallest absolute Gasteiger partial charge is 0.232 e. The van der Waals surface area contributed by atoms with Crippen LogP contribution in [-0.4, -0.2) is 84.9 Å². The Balaban J connectivity index is 1.29. The van der Waals surface area contributed by atoms with Crippen molar-refractivity contribution in [1.29, 1.82) is 0 Å². The number of likely N-dealkylation sites (tertiary alicyclic amines) is 1. The van der Waals surface area contributed by atoms with Crippen LogP contribution >= 0.6 is 11.8 Å². The summed E-state index contributed by atoms with van der Waals surface area (Å²) in [5.41, 5.74) is 1.72. The summed E-state index contributed by atoms with van der Waals surface area (Å²) in [5, 5.41) is 0.805. The molecule has 9 heteroatoms. The average Bonchev–Trinajstić information content (AvgIpc) is 3.25. The Bertz CT molecular complexity index is 905. The molecule has 4 heterocycles. The molecule has 30 heavy (non-hydrogen) atoms. The van der Waals surface area contributed by atoms with Crippen molar-refractivity contribution in [3.05, 3.63) is 24.3 Å². The van der Waals surface area contributed by atoms with Gasteiger partial charge in [0.2, 0.25) is 5.91 Å². The van der Waals surface area contributed by atoms with Crippen LogP contribution in [0.25, 0.3) is 11.0 Å². The molecule has 0 bridgehead atoms. The van der Waals surface area contributed by atoms with E-state index in [0.29, 0.717) is 45.3 Å². The summed E-state index contributed by atoms with van der Waals surface area (Å²) in [6.07, 6.45) is 1.47. The molecule has 3 saturated heterocycles. The van der Waals surface area contributed by atoms with E-state index in [1.807, 2.05) is 29.2 Å². The zero-order chi connectivity index (χ0) is 20.4. The van der Waals surface area contributed by atoms with Gasteiger partial charge < -0.3 is 24.0 Å². The van der Waals surface area contributed by atoms with Crippen molar-refractivity contribution in [2.24, 2.45) is 0 Å². The molecule has 0 aliphatic carbocycles. The van der Waals surface area contributed by atoms with Crippen LogP contribution in [-0.2, 0) is 19.0 Å². The summed E-state index contributed by atoms with van der Waals surface area (Å²) in [6.45, 7) is 5.54.